The number of hydrogen-bond donors (Lipinski definition) is 3. The highest BCUT2D eigenvalue weighted by Gasteiger charge is 2.12. The third-order valence-corrected chi connectivity index (χ3v) is 5.50. The molecule has 0 aliphatic carbocycles. The molecule has 146 valence electrons. The van der Waals surface area contributed by atoms with Gasteiger partial charge in [-0.05, 0) is 48.5 Å². The lowest BCUT2D eigenvalue weighted by Gasteiger charge is -2.07. The number of H-pyrrole nitrogens is 1. The number of aromatic nitrogens is 2. The van der Waals surface area contributed by atoms with Gasteiger partial charge in [-0.25, -0.2) is 4.98 Å². The number of carbonyl (C=O) groups excluding carboxylic acids is 1. The van der Waals surface area contributed by atoms with Crippen molar-refractivity contribution in [1.82, 2.24) is 9.97 Å². The number of anilines is 3. The standard InChI is InChI=1S/C20H12Cl4N4O/c21-12-6-5-11(9-15(12)24)25-19(29)10-4-7-16-17(8-10)27-20(26-16)28-18-13(22)2-1-3-14(18)23/h1-9H,(H,25,29)(H2,26,27,28). The molecule has 0 atom stereocenters. The summed E-state index contributed by atoms with van der Waals surface area (Å²) < 4.78 is 0. The lowest BCUT2D eigenvalue weighted by molar-refractivity contribution is 0.102. The fraction of sp³-hybridized carbons (Fsp3) is 0. The monoisotopic (exact) mass is 464 g/mol. The zero-order valence-electron chi connectivity index (χ0n) is 14.6. The van der Waals surface area contributed by atoms with Crippen molar-refractivity contribution in [3.63, 3.8) is 0 Å². The predicted octanol–water partition coefficient (Wildman–Crippen LogP) is 7.17. The van der Waals surface area contributed by atoms with Gasteiger partial charge in [0.05, 0.1) is 36.8 Å². The zero-order chi connectivity index (χ0) is 20.5. The smallest absolute Gasteiger partial charge is 0.255 e. The molecule has 9 heteroatoms. The van der Waals surface area contributed by atoms with Crippen LogP contribution in [0.2, 0.25) is 20.1 Å². The van der Waals surface area contributed by atoms with Crippen molar-refractivity contribution < 1.29 is 4.79 Å². The maximum Gasteiger partial charge on any atom is 0.255 e. The Bertz CT molecular complexity index is 1220. The van der Waals surface area contributed by atoms with Crippen LogP contribution in [0.5, 0.6) is 0 Å². The quantitative estimate of drug-likeness (QED) is 0.299. The molecule has 1 amide bonds. The first-order chi connectivity index (χ1) is 13.9. The van der Waals surface area contributed by atoms with Crippen LogP contribution >= 0.6 is 46.4 Å². The molecule has 3 N–H and O–H groups in total. The maximum absolute atomic E-state index is 12.6. The van der Waals surface area contributed by atoms with Crippen LogP contribution in [0.4, 0.5) is 17.3 Å². The molecule has 0 aliphatic rings. The van der Waals surface area contributed by atoms with Crippen molar-refractivity contribution >= 4 is 80.7 Å². The molecule has 0 saturated carbocycles. The van der Waals surface area contributed by atoms with Crippen molar-refractivity contribution in [1.29, 1.82) is 0 Å². The number of fused-ring (bicyclic) bond motifs is 1. The molecular formula is C20H12Cl4N4O. The van der Waals surface area contributed by atoms with E-state index in [1.165, 1.54) is 0 Å². The Morgan fingerprint density at radius 3 is 2.34 bits per heavy atom. The minimum atomic E-state index is -0.288. The molecule has 0 radical (unpaired) electrons. The van der Waals surface area contributed by atoms with Gasteiger partial charge >= 0.3 is 0 Å². The van der Waals surface area contributed by atoms with Crippen LogP contribution < -0.4 is 10.6 Å². The molecular weight excluding hydrogens is 454 g/mol. The Morgan fingerprint density at radius 2 is 1.62 bits per heavy atom. The average molecular weight is 466 g/mol. The first-order valence-electron chi connectivity index (χ1n) is 8.38. The summed E-state index contributed by atoms with van der Waals surface area (Å²) in [6.07, 6.45) is 0. The molecule has 4 aromatic rings. The largest absolute Gasteiger partial charge is 0.324 e. The fourth-order valence-corrected chi connectivity index (χ4v) is 3.51. The van der Waals surface area contributed by atoms with Crippen molar-refractivity contribution in [2.24, 2.45) is 0 Å². The predicted molar refractivity (Wildman–Crippen MR) is 120 cm³/mol. The Balaban J connectivity index is 1.58. The molecule has 0 unspecified atom stereocenters. The van der Waals surface area contributed by atoms with Crippen LogP contribution in [-0.4, -0.2) is 15.9 Å². The van der Waals surface area contributed by atoms with Gasteiger partial charge in [-0.1, -0.05) is 52.5 Å². The Hall–Kier alpha value is -2.44. The molecule has 0 saturated heterocycles. The first-order valence-corrected chi connectivity index (χ1v) is 9.89. The van der Waals surface area contributed by atoms with Crippen LogP contribution in [0.1, 0.15) is 10.4 Å². The second-order valence-corrected chi connectivity index (χ2v) is 7.75. The van der Waals surface area contributed by atoms with E-state index in [1.54, 1.807) is 54.6 Å². The van der Waals surface area contributed by atoms with Gasteiger partial charge in [0.2, 0.25) is 5.95 Å². The van der Waals surface area contributed by atoms with Gasteiger partial charge in [0.1, 0.15) is 0 Å². The fourth-order valence-electron chi connectivity index (χ4n) is 2.72. The average Bonchev–Trinajstić information content (AvgIpc) is 3.09. The van der Waals surface area contributed by atoms with E-state index in [0.29, 0.717) is 54.0 Å². The van der Waals surface area contributed by atoms with E-state index in [-0.39, 0.29) is 5.91 Å². The van der Waals surface area contributed by atoms with E-state index >= 15 is 0 Å². The molecule has 0 spiro atoms. The molecule has 1 aromatic heterocycles. The second-order valence-electron chi connectivity index (χ2n) is 6.12. The SMILES string of the molecule is O=C(Nc1ccc(Cl)c(Cl)c1)c1ccc2nc(Nc3c(Cl)cccc3Cl)[nH]c2c1. The van der Waals surface area contributed by atoms with Crippen LogP contribution in [0.25, 0.3) is 11.0 Å². The summed E-state index contributed by atoms with van der Waals surface area (Å²) in [6, 6.07) is 15.2. The Labute approximate surface area is 185 Å². The van der Waals surface area contributed by atoms with Crippen molar-refractivity contribution in [2.45, 2.75) is 0 Å². The zero-order valence-corrected chi connectivity index (χ0v) is 17.6. The number of aromatic amines is 1. The normalized spacial score (nSPS) is 10.9. The minimum absolute atomic E-state index is 0.288. The van der Waals surface area contributed by atoms with Gasteiger partial charge in [0, 0.05) is 11.3 Å². The van der Waals surface area contributed by atoms with Crippen molar-refractivity contribution in [3.05, 3.63) is 80.3 Å². The summed E-state index contributed by atoms with van der Waals surface area (Å²) >= 11 is 24.3. The highest BCUT2D eigenvalue weighted by molar-refractivity contribution is 6.42. The summed E-state index contributed by atoms with van der Waals surface area (Å²) in [5.74, 6) is 0.167. The molecule has 1 heterocycles. The van der Waals surface area contributed by atoms with Crippen LogP contribution in [0, 0.1) is 0 Å². The van der Waals surface area contributed by atoms with Gasteiger partial charge in [-0.2, -0.15) is 0 Å². The molecule has 5 nitrogen and oxygen atoms in total. The Morgan fingerprint density at radius 1 is 0.862 bits per heavy atom. The number of amides is 1. The summed E-state index contributed by atoms with van der Waals surface area (Å²) in [5, 5.41) is 7.58. The Kier molecular flexibility index (Phi) is 5.56. The van der Waals surface area contributed by atoms with Gasteiger partial charge in [0.25, 0.3) is 5.91 Å². The molecule has 3 aromatic carbocycles. The minimum Gasteiger partial charge on any atom is -0.324 e. The lowest BCUT2D eigenvalue weighted by atomic mass is 10.2. The number of imidazole rings is 1. The summed E-state index contributed by atoms with van der Waals surface area (Å²) in [6.45, 7) is 0. The highest BCUT2D eigenvalue weighted by Crippen LogP contribution is 2.32. The summed E-state index contributed by atoms with van der Waals surface area (Å²) in [5.41, 5.74) is 2.91. The van der Waals surface area contributed by atoms with Crippen molar-refractivity contribution in [3.8, 4) is 0 Å². The lowest BCUT2D eigenvalue weighted by Crippen LogP contribution is -2.11. The number of para-hydroxylation sites is 1. The van der Waals surface area contributed by atoms with Crippen LogP contribution in [0.3, 0.4) is 0 Å². The van der Waals surface area contributed by atoms with E-state index in [2.05, 4.69) is 20.6 Å². The molecule has 29 heavy (non-hydrogen) atoms. The molecule has 4 rings (SSSR count). The van der Waals surface area contributed by atoms with Gasteiger partial charge in [-0.15, -0.1) is 0 Å². The molecule has 0 aliphatic heterocycles. The highest BCUT2D eigenvalue weighted by atomic mass is 35.5. The summed E-state index contributed by atoms with van der Waals surface area (Å²) in [4.78, 5) is 20.1. The number of rotatable bonds is 4. The third kappa shape index (κ3) is 4.28. The number of hydrogen-bond acceptors (Lipinski definition) is 3. The van der Waals surface area contributed by atoms with Gasteiger partial charge in [0.15, 0.2) is 0 Å². The number of carbonyl (C=O) groups is 1. The topological polar surface area (TPSA) is 69.8 Å². The van der Waals surface area contributed by atoms with E-state index in [0.717, 1.165) is 0 Å². The second kappa shape index (κ2) is 8.13. The number of benzene rings is 3. The van der Waals surface area contributed by atoms with E-state index < -0.39 is 0 Å². The summed E-state index contributed by atoms with van der Waals surface area (Å²) in [7, 11) is 0. The van der Waals surface area contributed by atoms with E-state index in [1.807, 2.05) is 0 Å². The van der Waals surface area contributed by atoms with Gasteiger partial charge in [-0.3, -0.25) is 4.79 Å². The van der Waals surface area contributed by atoms with Crippen LogP contribution in [0.15, 0.2) is 54.6 Å². The number of halogens is 4. The van der Waals surface area contributed by atoms with Crippen LogP contribution in [-0.2, 0) is 0 Å². The first kappa shape index (κ1) is 19.9. The number of nitrogens with zero attached hydrogens (tertiary/aromatic N) is 1. The van der Waals surface area contributed by atoms with E-state index in [9.17, 15) is 4.79 Å². The van der Waals surface area contributed by atoms with Crippen molar-refractivity contribution in [2.75, 3.05) is 10.6 Å². The molecule has 0 bridgehead atoms. The van der Waals surface area contributed by atoms with E-state index in [4.69, 9.17) is 46.4 Å². The maximum atomic E-state index is 12.6. The third-order valence-electron chi connectivity index (χ3n) is 4.13. The van der Waals surface area contributed by atoms with Gasteiger partial charge < -0.3 is 15.6 Å². The molecule has 0 fully saturated rings. The number of nitrogens with one attached hydrogen (secondary N) is 3.